The average Bonchev–Trinajstić information content (AvgIpc) is 3.71. The van der Waals surface area contributed by atoms with E-state index in [-0.39, 0.29) is 54.4 Å². The van der Waals surface area contributed by atoms with Crippen LogP contribution in [0.3, 0.4) is 0 Å². The number of rotatable bonds is 5. The van der Waals surface area contributed by atoms with Crippen molar-refractivity contribution in [3.05, 3.63) is 115 Å². The number of para-hydroxylation sites is 1. The number of hydrogen-bond donors (Lipinski definition) is 1. The fourth-order valence-electron chi connectivity index (χ4n) is 8.51. The predicted octanol–water partition coefficient (Wildman–Crippen LogP) is 5.02. The molecule has 0 unspecified atom stereocenters. The molecule has 13 nitrogen and oxygen atoms in total. The average molecular weight is 638 g/mol. The molecule has 0 radical (unpaired) electrons. The summed E-state index contributed by atoms with van der Waals surface area (Å²) in [6, 6.07) is 18.8. The molecular formula is C34H31N5O8. The van der Waals surface area contributed by atoms with E-state index in [1.165, 1.54) is 41.3 Å². The van der Waals surface area contributed by atoms with Crippen LogP contribution in [0.2, 0.25) is 0 Å². The van der Waals surface area contributed by atoms with Crippen molar-refractivity contribution in [3.63, 3.8) is 0 Å². The molecule has 47 heavy (non-hydrogen) atoms. The number of piperidine rings is 1. The highest BCUT2D eigenvalue weighted by atomic mass is 16.6. The first-order valence-corrected chi connectivity index (χ1v) is 15.5. The van der Waals surface area contributed by atoms with Gasteiger partial charge in [0.15, 0.2) is 5.78 Å². The van der Waals surface area contributed by atoms with E-state index in [0.29, 0.717) is 35.3 Å². The van der Waals surface area contributed by atoms with Crippen LogP contribution in [-0.2, 0) is 19.9 Å². The van der Waals surface area contributed by atoms with E-state index in [2.05, 4.69) is 10.2 Å². The fourth-order valence-corrected chi connectivity index (χ4v) is 8.51. The zero-order chi connectivity index (χ0) is 33.1. The Morgan fingerprint density at radius 2 is 1.66 bits per heavy atom. The summed E-state index contributed by atoms with van der Waals surface area (Å²) in [6.45, 7) is 2.05. The lowest BCUT2D eigenvalue weighted by molar-refractivity contribution is -0.385. The molecule has 3 saturated heterocycles. The van der Waals surface area contributed by atoms with Crippen molar-refractivity contribution in [2.24, 2.45) is 5.41 Å². The zero-order valence-electron chi connectivity index (χ0n) is 25.5. The van der Waals surface area contributed by atoms with Gasteiger partial charge in [0.25, 0.3) is 17.3 Å². The van der Waals surface area contributed by atoms with Crippen LogP contribution in [0.4, 0.5) is 21.9 Å². The van der Waals surface area contributed by atoms with Crippen LogP contribution in [0.25, 0.3) is 6.08 Å². The SMILES string of the molecule is CCOC(=O)N1C/C(=C\c2ccc([N+](=O)[O-])cc2)C(=O)[C@@]2(C1)[C@H](c1ccc([N+](=O)[O-])cc1)[C@H]1CCCN1[C@]21C(=O)Nc2ccccc21. The normalized spacial score (nSPS) is 27.3. The number of likely N-dealkylation sites (tertiary alicyclic amines) is 1. The van der Waals surface area contributed by atoms with Crippen LogP contribution in [-0.4, -0.2) is 69.7 Å². The van der Waals surface area contributed by atoms with Gasteiger partial charge < -0.3 is 15.0 Å². The van der Waals surface area contributed by atoms with Crippen molar-refractivity contribution in [1.82, 2.24) is 9.80 Å². The molecule has 4 aliphatic rings. The maximum Gasteiger partial charge on any atom is 0.410 e. The Hall–Kier alpha value is -5.43. The quantitative estimate of drug-likeness (QED) is 0.230. The second-order valence-electron chi connectivity index (χ2n) is 12.3. The summed E-state index contributed by atoms with van der Waals surface area (Å²) in [5.41, 5.74) is -0.710. The molecule has 0 aromatic heterocycles. The Balaban J connectivity index is 1.51. The highest BCUT2D eigenvalue weighted by Gasteiger charge is 2.78. The fraction of sp³-hybridized carbons (Fsp3) is 0.324. The van der Waals surface area contributed by atoms with E-state index in [1.807, 2.05) is 18.2 Å². The number of amides is 2. The van der Waals surface area contributed by atoms with Crippen molar-refractivity contribution in [1.29, 1.82) is 0 Å². The predicted molar refractivity (Wildman–Crippen MR) is 169 cm³/mol. The molecule has 4 atom stereocenters. The lowest BCUT2D eigenvalue weighted by atomic mass is 9.55. The number of nitro groups is 2. The minimum atomic E-state index is -1.58. The molecule has 0 saturated carbocycles. The summed E-state index contributed by atoms with van der Waals surface area (Å²) in [7, 11) is 0. The molecule has 0 bridgehead atoms. The van der Waals surface area contributed by atoms with Gasteiger partial charge in [-0.05, 0) is 61.7 Å². The highest BCUT2D eigenvalue weighted by Crippen LogP contribution is 2.68. The second kappa shape index (κ2) is 11.1. The second-order valence-corrected chi connectivity index (χ2v) is 12.3. The number of non-ortho nitro benzene ring substituents is 2. The van der Waals surface area contributed by atoms with Crippen molar-refractivity contribution in [2.75, 3.05) is 31.6 Å². The Kier molecular flexibility index (Phi) is 7.16. The Labute approximate surface area is 269 Å². The molecule has 7 rings (SSSR count). The summed E-state index contributed by atoms with van der Waals surface area (Å²) in [6.07, 6.45) is 2.39. The standard InChI is InChI=1S/C34H31N5O8/c1-2-47-32(42)36-19-23(18-21-9-13-24(14-10-21)38(43)44)30(40)33(20-36)29(22-11-15-25(16-12-22)39(45)46)28-8-5-17-37(28)34(33)26-6-3-4-7-27(26)35-31(34)41/h3-4,6-7,9-16,18,28-29H,2,5,8,17,19-20H2,1H3,(H,35,41)/b23-18+/t28-,29-,33-,34-/m1/s1. The van der Waals surface area contributed by atoms with Gasteiger partial charge in [-0.3, -0.25) is 34.7 Å². The Morgan fingerprint density at radius 3 is 2.32 bits per heavy atom. The number of carbonyl (C=O) groups is 3. The number of carbonyl (C=O) groups excluding carboxylic acids is 3. The number of Topliss-reactive ketones (excluding diaryl/α,β-unsaturated/α-hetero) is 1. The molecule has 2 amide bonds. The molecule has 4 aliphatic heterocycles. The van der Waals surface area contributed by atoms with E-state index in [9.17, 15) is 29.8 Å². The van der Waals surface area contributed by atoms with Crippen molar-refractivity contribution < 1.29 is 29.0 Å². The highest BCUT2D eigenvalue weighted by molar-refractivity contribution is 6.16. The van der Waals surface area contributed by atoms with E-state index in [4.69, 9.17) is 4.74 Å². The number of hydrogen-bond acceptors (Lipinski definition) is 9. The third kappa shape index (κ3) is 4.29. The van der Waals surface area contributed by atoms with Crippen LogP contribution in [0.15, 0.2) is 78.4 Å². The minimum Gasteiger partial charge on any atom is -0.450 e. The molecule has 3 aromatic carbocycles. The number of benzene rings is 3. The number of nitro benzene ring substituents is 2. The molecule has 3 fully saturated rings. The van der Waals surface area contributed by atoms with Gasteiger partial charge in [-0.25, -0.2) is 4.79 Å². The van der Waals surface area contributed by atoms with Crippen molar-refractivity contribution in [2.45, 2.75) is 37.3 Å². The van der Waals surface area contributed by atoms with Crippen LogP contribution in [0.5, 0.6) is 0 Å². The van der Waals surface area contributed by atoms with Gasteiger partial charge in [0.2, 0.25) is 0 Å². The maximum atomic E-state index is 15.5. The Morgan fingerprint density at radius 1 is 1.00 bits per heavy atom. The molecule has 240 valence electrons. The number of ether oxygens (including phenoxy) is 1. The van der Waals surface area contributed by atoms with Gasteiger partial charge in [0.05, 0.1) is 28.4 Å². The van der Waals surface area contributed by atoms with Gasteiger partial charge >= 0.3 is 6.09 Å². The lowest BCUT2D eigenvalue weighted by Gasteiger charge is -2.51. The van der Waals surface area contributed by atoms with Crippen LogP contribution in [0.1, 0.15) is 42.4 Å². The van der Waals surface area contributed by atoms with Crippen LogP contribution < -0.4 is 5.32 Å². The molecule has 0 aliphatic carbocycles. The maximum absolute atomic E-state index is 15.5. The molecule has 3 aromatic rings. The molecular weight excluding hydrogens is 606 g/mol. The summed E-state index contributed by atoms with van der Waals surface area (Å²) < 4.78 is 5.47. The number of anilines is 1. The molecule has 4 heterocycles. The third-order valence-corrected chi connectivity index (χ3v) is 10.1. The van der Waals surface area contributed by atoms with Gasteiger partial charge in [-0.1, -0.05) is 30.3 Å². The summed E-state index contributed by atoms with van der Waals surface area (Å²) in [4.78, 5) is 69.2. The summed E-state index contributed by atoms with van der Waals surface area (Å²) in [5.74, 6) is -1.35. The molecule has 2 spiro atoms. The summed E-state index contributed by atoms with van der Waals surface area (Å²) in [5, 5.41) is 25.9. The number of nitrogens with zero attached hydrogens (tertiary/aromatic N) is 4. The first-order chi connectivity index (χ1) is 22.6. The lowest BCUT2D eigenvalue weighted by Crippen LogP contribution is -2.66. The molecule has 13 heteroatoms. The van der Waals surface area contributed by atoms with Gasteiger partial charge in [-0.2, -0.15) is 0 Å². The number of nitrogens with one attached hydrogen (secondary N) is 1. The van der Waals surface area contributed by atoms with Gasteiger partial charge in [-0.15, -0.1) is 0 Å². The third-order valence-electron chi connectivity index (χ3n) is 10.1. The van der Waals surface area contributed by atoms with Gasteiger partial charge in [0, 0.05) is 59.6 Å². The van der Waals surface area contributed by atoms with Crippen LogP contribution in [0, 0.1) is 25.6 Å². The number of ketones is 1. The van der Waals surface area contributed by atoms with Crippen LogP contribution >= 0.6 is 0 Å². The smallest absolute Gasteiger partial charge is 0.410 e. The molecule has 1 N–H and O–H groups in total. The summed E-state index contributed by atoms with van der Waals surface area (Å²) >= 11 is 0. The number of fused-ring (bicyclic) bond motifs is 5. The van der Waals surface area contributed by atoms with E-state index in [0.717, 1.165) is 6.42 Å². The first-order valence-electron chi connectivity index (χ1n) is 15.5. The van der Waals surface area contributed by atoms with E-state index < -0.39 is 32.8 Å². The van der Waals surface area contributed by atoms with Gasteiger partial charge in [0.1, 0.15) is 5.54 Å². The zero-order valence-corrected chi connectivity index (χ0v) is 25.5. The van der Waals surface area contributed by atoms with E-state index >= 15 is 4.79 Å². The minimum absolute atomic E-state index is 0.0900. The largest absolute Gasteiger partial charge is 0.450 e. The van der Waals surface area contributed by atoms with E-state index in [1.54, 1.807) is 31.2 Å². The Bertz CT molecular complexity index is 1860. The van der Waals surface area contributed by atoms with Crippen molar-refractivity contribution >= 4 is 40.9 Å². The first kappa shape index (κ1) is 30.2. The van der Waals surface area contributed by atoms with Crippen molar-refractivity contribution in [3.8, 4) is 0 Å². The topological polar surface area (TPSA) is 165 Å². The monoisotopic (exact) mass is 637 g/mol.